The highest BCUT2D eigenvalue weighted by atomic mass is 79.9. The molecular formula is C21H19BrN4O4. The second kappa shape index (κ2) is 8.19. The molecule has 0 aliphatic heterocycles. The van der Waals surface area contributed by atoms with Gasteiger partial charge in [0.1, 0.15) is 5.52 Å². The van der Waals surface area contributed by atoms with E-state index in [9.17, 15) is 4.79 Å². The topological polar surface area (TPSA) is 87.0 Å². The smallest absolute Gasteiger partial charge is 0.339 e. The fourth-order valence-electron chi connectivity index (χ4n) is 3.25. The van der Waals surface area contributed by atoms with E-state index < -0.39 is 5.97 Å². The van der Waals surface area contributed by atoms with Gasteiger partial charge in [-0.1, -0.05) is 6.07 Å². The third kappa shape index (κ3) is 3.52. The second-order valence-corrected chi connectivity index (χ2v) is 7.32. The quantitative estimate of drug-likeness (QED) is 0.425. The Morgan fingerprint density at radius 3 is 2.63 bits per heavy atom. The van der Waals surface area contributed by atoms with Gasteiger partial charge in [0.05, 0.1) is 50.5 Å². The van der Waals surface area contributed by atoms with E-state index in [2.05, 4.69) is 26.2 Å². The van der Waals surface area contributed by atoms with Crippen molar-refractivity contribution >= 4 is 44.3 Å². The van der Waals surface area contributed by atoms with Gasteiger partial charge in [-0.05, 0) is 45.8 Å². The number of benzene rings is 2. The number of imidazole rings is 1. The summed E-state index contributed by atoms with van der Waals surface area (Å²) in [5.41, 5.74) is 3.68. The number of aromatic nitrogens is 3. The molecule has 0 aliphatic rings. The zero-order valence-corrected chi connectivity index (χ0v) is 18.2. The van der Waals surface area contributed by atoms with Crippen molar-refractivity contribution in [2.75, 3.05) is 26.6 Å². The van der Waals surface area contributed by atoms with Gasteiger partial charge >= 0.3 is 5.97 Å². The highest BCUT2D eigenvalue weighted by Gasteiger charge is 2.16. The van der Waals surface area contributed by atoms with Crippen LogP contribution in [0.2, 0.25) is 0 Å². The lowest BCUT2D eigenvalue weighted by molar-refractivity contribution is 0.0600. The molecule has 154 valence electrons. The van der Waals surface area contributed by atoms with Crippen LogP contribution in [0.15, 0.2) is 47.3 Å². The summed E-state index contributed by atoms with van der Waals surface area (Å²) in [4.78, 5) is 21.0. The molecule has 1 N–H and O–H groups in total. The van der Waals surface area contributed by atoms with Crippen LogP contribution < -0.4 is 14.8 Å². The highest BCUT2D eigenvalue weighted by Crippen LogP contribution is 2.30. The monoisotopic (exact) mass is 470 g/mol. The summed E-state index contributed by atoms with van der Waals surface area (Å²) < 4.78 is 18.0. The number of carbonyl (C=O) groups excluding carboxylic acids is 1. The van der Waals surface area contributed by atoms with Crippen LogP contribution in [0.4, 0.5) is 5.82 Å². The summed E-state index contributed by atoms with van der Waals surface area (Å²) in [5.74, 6) is 1.59. The number of methoxy groups -OCH3 is 3. The molecule has 9 heteroatoms. The van der Waals surface area contributed by atoms with Crippen molar-refractivity contribution in [3.8, 4) is 11.5 Å². The average molecular weight is 471 g/mol. The number of fused-ring (bicyclic) bond motifs is 3. The summed E-state index contributed by atoms with van der Waals surface area (Å²) >= 11 is 3.43. The predicted octanol–water partition coefficient (Wildman–Crippen LogP) is 4.06. The Morgan fingerprint density at radius 2 is 1.90 bits per heavy atom. The van der Waals surface area contributed by atoms with E-state index in [1.54, 1.807) is 38.9 Å². The first-order chi connectivity index (χ1) is 14.5. The van der Waals surface area contributed by atoms with Gasteiger partial charge < -0.3 is 19.5 Å². The number of anilines is 1. The van der Waals surface area contributed by atoms with Crippen LogP contribution >= 0.6 is 15.9 Å². The van der Waals surface area contributed by atoms with E-state index >= 15 is 0 Å². The molecule has 0 fully saturated rings. The molecule has 0 radical (unpaired) electrons. The number of nitrogens with zero attached hydrogens (tertiary/aromatic N) is 3. The SMILES string of the molecule is COC(=O)c1cc2c(cc1Br)nc(NCc1ccc(OC)c(OC)c1)c1cncn12. The Hall–Kier alpha value is -3.33. The van der Waals surface area contributed by atoms with E-state index in [-0.39, 0.29) is 0 Å². The van der Waals surface area contributed by atoms with Gasteiger partial charge in [0.25, 0.3) is 0 Å². The van der Waals surface area contributed by atoms with Gasteiger partial charge in [0.2, 0.25) is 0 Å². The summed E-state index contributed by atoms with van der Waals surface area (Å²) in [5, 5.41) is 3.36. The van der Waals surface area contributed by atoms with Crippen molar-refractivity contribution in [3.63, 3.8) is 0 Å². The van der Waals surface area contributed by atoms with Crippen LogP contribution in [0.25, 0.3) is 16.6 Å². The molecule has 30 heavy (non-hydrogen) atoms. The zero-order chi connectivity index (χ0) is 21.3. The number of hydrogen-bond donors (Lipinski definition) is 1. The normalized spacial score (nSPS) is 10.9. The number of rotatable bonds is 6. The Balaban J connectivity index is 1.73. The van der Waals surface area contributed by atoms with E-state index in [1.807, 2.05) is 22.6 Å². The molecule has 0 aliphatic carbocycles. The maximum absolute atomic E-state index is 12.0. The van der Waals surface area contributed by atoms with Gasteiger partial charge in [-0.15, -0.1) is 0 Å². The molecular weight excluding hydrogens is 452 g/mol. The minimum atomic E-state index is -0.423. The van der Waals surface area contributed by atoms with Crippen molar-refractivity contribution in [2.45, 2.75) is 6.54 Å². The van der Waals surface area contributed by atoms with Crippen molar-refractivity contribution in [3.05, 3.63) is 58.5 Å². The molecule has 4 rings (SSSR count). The van der Waals surface area contributed by atoms with Gasteiger partial charge in [0.15, 0.2) is 17.3 Å². The minimum Gasteiger partial charge on any atom is -0.493 e. The Kier molecular flexibility index (Phi) is 5.45. The molecule has 8 nitrogen and oxygen atoms in total. The van der Waals surface area contributed by atoms with E-state index in [0.29, 0.717) is 39.4 Å². The summed E-state index contributed by atoms with van der Waals surface area (Å²) in [6, 6.07) is 9.28. The first kappa shape index (κ1) is 20.0. The van der Waals surface area contributed by atoms with Crippen LogP contribution in [-0.2, 0) is 11.3 Å². The zero-order valence-electron chi connectivity index (χ0n) is 16.6. The maximum atomic E-state index is 12.0. The van der Waals surface area contributed by atoms with Crippen molar-refractivity contribution in [2.24, 2.45) is 0 Å². The average Bonchev–Trinajstić information content (AvgIpc) is 3.26. The van der Waals surface area contributed by atoms with Crippen molar-refractivity contribution in [1.82, 2.24) is 14.4 Å². The lowest BCUT2D eigenvalue weighted by atomic mass is 10.2. The number of esters is 1. The first-order valence-corrected chi connectivity index (χ1v) is 9.83. The lowest BCUT2D eigenvalue weighted by Gasteiger charge is -2.13. The van der Waals surface area contributed by atoms with E-state index in [4.69, 9.17) is 19.2 Å². The molecule has 0 spiro atoms. The Morgan fingerprint density at radius 1 is 1.10 bits per heavy atom. The molecule has 0 atom stereocenters. The number of nitrogens with one attached hydrogen (secondary N) is 1. The molecule has 2 aromatic carbocycles. The molecule has 0 unspecified atom stereocenters. The number of carbonyl (C=O) groups is 1. The maximum Gasteiger partial charge on any atom is 0.339 e. The molecule has 4 aromatic rings. The number of ether oxygens (including phenoxy) is 3. The number of halogens is 1. The summed E-state index contributed by atoms with van der Waals surface area (Å²) in [6.45, 7) is 0.529. The van der Waals surface area contributed by atoms with Gasteiger partial charge in [-0.25, -0.2) is 14.8 Å². The molecule has 0 saturated carbocycles. The van der Waals surface area contributed by atoms with Gasteiger partial charge in [-0.2, -0.15) is 0 Å². The van der Waals surface area contributed by atoms with Crippen LogP contribution in [0.1, 0.15) is 15.9 Å². The predicted molar refractivity (Wildman–Crippen MR) is 116 cm³/mol. The van der Waals surface area contributed by atoms with E-state index in [1.165, 1.54) is 7.11 Å². The van der Waals surface area contributed by atoms with Crippen LogP contribution in [0.3, 0.4) is 0 Å². The molecule has 2 heterocycles. The Labute approximate surface area is 180 Å². The molecule has 0 amide bonds. The third-order valence-corrected chi connectivity index (χ3v) is 5.41. The minimum absolute atomic E-state index is 0.423. The van der Waals surface area contributed by atoms with Crippen LogP contribution in [0.5, 0.6) is 11.5 Å². The second-order valence-electron chi connectivity index (χ2n) is 6.46. The highest BCUT2D eigenvalue weighted by molar-refractivity contribution is 9.10. The molecule has 0 bridgehead atoms. The standard InChI is InChI=1S/C21H19BrN4O4/c1-28-18-5-4-12(6-19(18)29-2)9-24-20-17-10-23-11-26(17)16-7-13(21(27)30-3)14(22)8-15(16)25-20/h4-8,10-11H,9H2,1-3H3,(H,24,25). The fourth-order valence-corrected chi connectivity index (χ4v) is 3.74. The summed E-state index contributed by atoms with van der Waals surface area (Å²) in [7, 11) is 4.57. The van der Waals surface area contributed by atoms with Crippen LogP contribution in [-0.4, -0.2) is 41.7 Å². The lowest BCUT2D eigenvalue weighted by Crippen LogP contribution is -2.07. The van der Waals surface area contributed by atoms with Crippen molar-refractivity contribution in [1.29, 1.82) is 0 Å². The van der Waals surface area contributed by atoms with Gasteiger partial charge in [0, 0.05) is 11.0 Å². The van der Waals surface area contributed by atoms with Crippen molar-refractivity contribution < 1.29 is 19.0 Å². The first-order valence-electron chi connectivity index (χ1n) is 9.04. The number of hydrogen-bond acceptors (Lipinski definition) is 7. The Bertz CT molecular complexity index is 1250. The summed E-state index contributed by atoms with van der Waals surface area (Å²) in [6.07, 6.45) is 3.42. The van der Waals surface area contributed by atoms with Crippen LogP contribution in [0, 0.1) is 0 Å². The largest absolute Gasteiger partial charge is 0.493 e. The van der Waals surface area contributed by atoms with Gasteiger partial charge in [-0.3, -0.25) is 4.40 Å². The third-order valence-electron chi connectivity index (χ3n) is 4.75. The fraction of sp³-hybridized carbons (Fsp3) is 0.190. The van der Waals surface area contributed by atoms with E-state index in [0.717, 1.165) is 16.6 Å². The molecule has 0 saturated heterocycles. The molecule has 2 aromatic heterocycles.